The maximum Gasteiger partial charge on any atom is 0.0622 e. The first-order valence-corrected chi connectivity index (χ1v) is 6.87. The Morgan fingerprint density at radius 2 is 2.00 bits per heavy atom. The summed E-state index contributed by atoms with van der Waals surface area (Å²) in [6, 6.07) is 9.50. The van der Waals surface area contributed by atoms with Crippen LogP contribution in [0.4, 0.5) is 0 Å². The molecule has 3 heteroatoms. The van der Waals surface area contributed by atoms with Crippen molar-refractivity contribution in [3.8, 4) is 0 Å². The molecule has 1 fully saturated rings. The summed E-state index contributed by atoms with van der Waals surface area (Å²) in [4.78, 5) is 2.54. The van der Waals surface area contributed by atoms with Gasteiger partial charge in [-0.15, -0.1) is 0 Å². The third kappa shape index (κ3) is 3.55. The molecule has 1 saturated heterocycles. The van der Waals surface area contributed by atoms with E-state index in [1.54, 1.807) is 0 Å². The summed E-state index contributed by atoms with van der Waals surface area (Å²) in [6.07, 6.45) is 1.16. The summed E-state index contributed by atoms with van der Waals surface area (Å²) in [5.74, 6) is 0. The van der Waals surface area contributed by atoms with Crippen LogP contribution >= 0.6 is 0 Å². The minimum absolute atomic E-state index is 0.579. The lowest BCUT2D eigenvalue weighted by Gasteiger charge is -2.35. The molecular weight excluding hydrogens is 224 g/mol. The van der Waals surface area contributed by atoms with Crippen molar-refractivity contribution in [2.24, 2.45) is 0 Å². The summed E-state index contributed by atoms with van der Waals surface area (Å²) in [5, 5.41) is 3.17. The topological polar surface area (TPSA) is 24.5 Å². The molecule has 3 nitrogen and oxygen atoms in total. The highest BCUT2D eigenvalue weighted by molar-refractivity contribution is 5.22. The van der Waals surface area contributed by atoms with Crippen LogP contribution in [0.1, 0.15) is 24.5 Å². The molecule has 0 aromatic heterocycles. The molecule has 1 N–H and O–H groups in total. The molecule has 2 rings (SSSR count). The average Bonchev–Trinajstić information content (AvgIpc) is 2.42. The molecule has 0 amide bonds. The molecule has 18 heavy (non-hydrogen) atoms. The smallest absolute Gasteiger partial charge is 0.0622 e. The van der Waals surface area contributed by atoms with Gasteiger partial charge in [-0.2, -0.15) is 0 Å². The predicted molar refractivity (Wildman–Crippen MR) is 74.5 cm³/mol. The Bertz CT molecular complexity index is 350. The summed E-state index contributed by atoms with van der Waals surface area (Å²) in [5.41, 5.74) is 2.74. The monoisotopic (exact) mass is 248 g/mol. The van der Waals surface area contributed by atoms with E-state index in [1.807, 2.05) is 7.05 Å². The van der Waals surface area contributed by atoms with Crippen molar-refractivity contribution in [1.82, 2.24) is 10.2 Å². The van der Waals surface area contributed by atoms with E-state index in [2.05, 4.69) is 41.4 Å². The molecule has 0 aliphatic carbocycles. The molecule has 0 bridgehead atoms. The number of hydrogen-bond donors (Lipinski definition) is 1. The van der Waals surface area contributed by atoms with Crippen LogP contribution in [0.25, 0.3) is 0 Å². The van der Waals surface area contributed by atoms with Gasteiger partial charge in [0.2, 0.25) is 0 Å². The molecule has 1 unspecified atom stereocenters. The quantitative estimate of drug-likeness (QED) is 0.863. The molecule has 1 atom stereocenters. The van der Waals surface area contributed by atoms with Crippen molar-refractivity contribution in [2.75, 3.05) is 26.8 Å². The zero-order valence-corrected chi connectivity index (χ0v) is 11.5. The first-order valence-electron chi connectivity index (χ1n) is 6.87. The highest BCUT2D eigenvalue weighted by Crippen LogP contribution is 2.15. The molecule has 1 aliphatic rings. The van der Waals surface area contributed by atoms with Crippen molar-refractivity contribution < 1.29 is 4.74 Å². The van der Waals surface area contributed by atoms with Crippen LogP contribution in [0.2, 0.25) is 0 Å². The van der Waals surface area contributed by atoms with Crippen molar-refractivity contribution >= 4 is 0 Å². The van der Waals surface area contributed by atoms with Crippen LogP contribution in [0, 0.1) is 0 Å². The van der Waals surface area contributed by atoms with Gasteiger partial charge in [0.15, 0.2) is 0 Å². The minimum Gasteiger partial charge on any atom is -0.378 e. The van der Waals surface area contributed by atoms with Gasteiger partial charge in [0.05, 0.1) is 13.2 Å². The van der Waals surface area contributed by atoms with Gasteiger partial charge in [0.1, 0.15) is 0 Å². The van der Waals surface area contributed by atoms with E-state index in [9.17, 15) is 0 Å². The first-order chi connectivity index (χ1) is 8.83. The number of benzene rings is 1. The van der Waals surface area contributed by atoms with Crippen LogP contribution in [0.3, 0.4) is 0 Å². The standard InChI is InChI=1S/C15H24N2O/c1-3-15-12-18-9-8-17(15)11-14-6-4-13(5-7-14)10-16-2/h4-7,15-16H,3,8-12H2,1-2H3. The average molecular weight is 248 g/mol. The van der Waals surface area contributed by atoms with Gasteiger partial charge in [-0.25, -0.2) is 0 Å². The predicted octanol–water partition coefficient (Wildman–Crippen LogP) is 2.02. The van der Waals surface area contributed by atoms with E-state index in [0.717, 1.165) is 39.3 Å². The van der Waals surface area contributed by atoms with E-state index >= 15 is 0 Å². The van der Waals surface area contributed by atoms with Crippen molar-refractivity contribution in [3.05, 3.63) is 35.4 Å². The Morgan fingerprint density at radius 1 is 1.28 bits per heavy atom. The number of ether oxygens (including phenoxy) is 1. The highest BCUT2D eigenvalue weighted by atomic mass is 16.5. The van der Waals surface area contributed by atoms with Gasteiger partial charge in [0.25, 0.3) is 0 Å². The fourth-order valence-electron chi connectivity index (χ4n) is 2.47. The van der Waals surface area contributed by atoms with Crippen LogP contribution in [0.15, 0.2) is 24.3 Å². The van der Waals surface area contributed by atoms with Gasteiger partial charge < -0.3 is 10.1 Å². The van der Waals surface area contributed by atoms with E-state index in [1.165, 1.54) is 11.1 Å². The summed E-state index contributed by atoms with van der Waals surface area (Å²) >= 11 is 0. The van der Waals surface area contributed by atoms with Crippen molar-refractivity contribution in [1.29, 1.82) is 0 Å². The number of nitrogens with one attached hydrogen (secondary N) is 1. The van der Waals surface area contributed by atoms with E-state index in [4.69, 9.17) is 4.74 Å². The fraction of sp³-hybridized carbons (Fsp3) is 0.600. The summed E-state index contributed by atoms with van der Waals surface area (Å²) in [6.45, 7) is 7.03. The molecule has 1 heterocycles. The first kappa shape index (κ1) is 13.5. The summed E-state index contributed by atoms with van der Waals surface area (Å²) in [7, 11) is 1.98. The van der Waals surface area contributed by atoms with Crippen LogP contribution in [0.5, 0.6) is 0 Å². The molecule has 0 saturated carbocycles. The molecule has 1 aliphatic heterocycles. The maximum absolute atomic E-state index is 5.54. The number of rotatable bonds is 5. The normalized spacial score (nSPS) is 21.1. The van der Waals surface area contributed by atoms with Gasteiger partial charge in [-0.3, -0.25) is 4.90 Å². The highest BCUT2D eigenvalue weighted by Gasteiger charge is 2.20. The van der Waals surface area contributed by atoms with Gasteiger partial charge in [-0.1, -0.05) is 31.2 Å². The van der Waals surface area contributed by atoms with E-state index < -0.39 is 0 Å². The fourth-order valence-corrected chi connectivity index (χ4v) is 2.47. The Labute approximate surface area is 110 Å². The minimum atomic E-state index is 0.579. The lowest BCUT2D eigenvalue weighted by atomic mass is 10.1. The SMILES string of the molecule is CCC1COCCN1Cc1ccc(CNC)cc1. The lowest BCUT2D eigenvalue weighted by Crippen LogP contribution is -2.44. The second-order valence-corrected chi connectivity index (χ2v) is 4.95. The Kier molecular flexibility index (Phi) is 5.17. The van der Waals surface area contributed by atoms with Gasteiger partial charge in [0, 0.05) is 25.7 Å². The zero-order chi connectivity index (χ0) is 12.8. The lowest BCUT2D eigenvalue weighted by molar-refractivity contribution is -0.0127. The van der Waals surface area contributed by atoms with E-state index in [0.29, 0.717) is 6.04 Å². The molecular formula is C15H24N2O. The second kappa shape index (κ2) is 6.88. The number of morpholine rings is 1. The second-order valence-electron chi connectivity index (χ2n) is 4.95. The molecule has 1 aromatic carbocycles. The molecule has 0 radical (unpaired) electrons. The van der Waals surface area contributed by atoms with Crippen molar-refractivity contribution in [2.45, 2.75) is 32.5 Å². The van der Waals surface area contributed by atoms with Gasteiger partial charge in [-0.05, 0) is 24.6 Å². The Balaban J connectivity index is 1.95. The zero-order valence-electron chi connectivity index (χ0n) is 11.5. The van der Waals surface area contributed by atoms with Crippen LogP contribution < -0.4 is 5.32 Å². The van der Waals surface area contributed by atoms with Crippen LogP contribution in [-0.2, 0) is 17.8 Å². The number of hydrogen-bond acceptors (Lipinski definition) is 3. The third-order valence-electron chi connectivity index (χ3n) is 3.61. The van der Waals surface area contributed by atoms with Crippen LogP contribution in [-0.4, -0.2) is 37.7 Å². The summed E-state index contributed by atoms with van der Waals surface area (Å²) < 4.78 is 5.54. The maximum atomic E-state index is 5.54. The third-order valence-corrected chi connectivity index (χ3v) is 3.61. The van der Waals surface area contributed by atoms with Crippen molar-refractivity contribution in [3.63, 3.8) is 0 Å². The molecule has 0 spiro atoms. The van der Waals surface area contributed by atoms with Gasteiger partial charge >= 0.3 is 0 Å². The Morgan fingerprint density at radius 3 is 2.67 bits per heavy atom. The van der Waals surface area contributed by atoms with E-state index in [-0.39, 0.29) is 0 Å². The number of nitrogens with zero attached hydrogens (tertiary/aromatic N) is 1. The Hall–Kier alpha value is -0.900. The largest absolute Gasteiger partial charge is 0.378 e. The molecule has 1 aromatic rings. The molecule has 100 valence electrons.